The number of aryl methyl sites for hydroxylation is 2. The number of nitrogens with one attached hydrogen (secondary N) is 3. The van der Waals surface area contributed by atoms with Crippen LogP contribution >= 0.6 is 0 Å². The van der Waals surface area contributed by atoms with Crippen molar-refractivity contribution < 1.29 is 14.3 Å². The molecule has 3 N–H and O–H groups in total. The zero-order valence-electron chi connectivity index (χ0n) is 16.1. The molecule has 1 aliphatic carbocycles. The maximum absolute atomic E-state index is 12.4. The lowest BCUT2D eigenvalue weighted by Gasteiger charge is -2.22. The number of ether oxygens (including phenoxy) is 1. The summed E-state index contributed by atoms with van der Waals surface area (Å²) in [5.74, 6) is -0.253. The van der Waals surface area contributed by atoms with Crippen LogP contribution in [0, 0.1) is 6.92 Å². The van der Waals surface area contributed by atoms with Gasteiger partial charge in [0.25, 0.3) is 0 Å². The molecule has 0 saturated heterocycles. The van der Waals surface area contributed by atoms with E-state index in [-0.39, 0.29) is 6.04 Å². The van der Waals surface area contributed by atoms with Gasteiger partial charge >= 0.3 is 11.8 Å². The molecule has 1 unspecified atom stereocenters. The van der Waals surface area contributed by atoms with Crippen molar-refractivity contribution in [3.05, 3.63) is 71.5 Å². The Hall–Kier alpha value is -3.61. The number of fused-ring (bicyclic) bond motifs is 1. The van der Waals surface area contributed by atoms with Gasteiger partial charge in [-0.3, -0.25) is 14.7 Å². The highest BCUT2D eigenvalue weighted by molar-refractivity contribution is 6.39. The molecular formula is C22H22N4O3. The molecule has 0 spiro atoms. The molecule has 0 radical (unpaired) electrons. The van der Waals surface area contributed by atoms with Crippen LogP contribution in [0.4, 0.5) is 5.69 Å². The number of carbonyl (C=O) groups excluding carboxylic acids is 2. The molecule has 4 rings (SSSR count). The first-order valence-corrected chi connectivity index (χ1v) is 9.55. The molecule has 0 aliphatic heterocycles. The summed E-state index contributed by atoms with van der Waals surface area (Å²) in [6, 6.07) is 14.5. The summed E-state index contributed by atoms with van der Waals surface area (Å²) in [6.07, 6.45) is 4.05. The van der Waals surface area contributed by atoms with Crippen molar-refractivity contribution in [2.75, 3.05) is 5.32 Å². The van der Waals surface area contributed by atoms with Crippen LogP contribution in [0.5, 0.6) is 11.5 Å². The third-order valence-corrected chi connectivity index (χ3v) is 4.91. The van der Waals surface area contributed by atoms with Gasteiger partial charge in [0.05, 0.1) is 11.9 Å². The first-order chi connectivity index (χ1) is 14.1. The van der Waals surface area contributed by atoms with Gasteiger partial charge in [0.2, 0.25) is 0 Å². The minimum absolute atomic E-state index is 0.0972. The maximum atomic E-state index is 12.4. The van der Waals surface area contributed by atoms with Crippen molar-refractivity contribution in [2.45, 2.75) is 32.2 Å². The molecule has 2 amide bonds. The lowest BCUT2D eigenvalue weighted by Crippen LogP contribution is -2.44. The highest BCUT2D eigenvalue weighted by Gasteiger charge is 2.24. The predicted molar refractivity (Wildman–Crippen MR) is 109 cm³/mol. The van der Waals surface area contributed by atoms with Gasteiger partial charge in [-0.15, -0.1) is 0 Å². The van der Waals surface area contributed by atoms with Crippen LogP contribution in [0.25, 0.3) is 0 Å². The molecule has 1 aliphatic rings. The largest absolute Gasteiger partial charge is 0.455 e. The van der Waals surface area contributed by atoms with E-state index in [1.807, 2.05) is 43.5 Å². The Bertz CT molecular complexity index is 1040. The molecule has 1 atom stereocenters. The number of nitrogens with zero attached hydrogens (tertiary/aromatic N) is 1. The number of para-hydroxylation sites is 2. The fourth-order valence-corrected chi connectivity index (χ4v) is 3.43. The number of aromatic amines is 1. The van der Waals surface area contributed by atoms with Crippen LogP contribution in [-0.4, -0.2) is 28.1 Å². The zero-order chi connectivity index (χ0) is 20.2. The van der Waals surface area contributed by atoms with Crippen molar-refractivity contribution in [2.24, 2.45) is 0 Å². The lowest BCUT2D eigenvalue weighted by molar-refractivity contribution is -0.136. The van der Waals surface area contributed by atoms with E-state index in [0.29, 0.717) is 23.6 Å². The Morgan fingerprint density at radius 3 is 2.86 bits per heavy atom. The van der Waals surface area contributed by atoms with E-state index in [1.54, 1.807) is 18.2 Å². The first kappa shape index (κ1) is 18.7. The average molecular weight is 390 g/mol. The lowest BCUT2D eigenvalue weighted by atomic mass is 9.94. The van der Waals surface area contributed by atoms with E-state index >= 15 is 0 Å². The third-order valence-electron chi connectivity index (χ3n) is 4.91. The van der Waals surface area contributed by atoms with E-state index in [0.717, 1.165) is 24.1 Å². The number of hydrogen-bond donors (Lipinski definition) is 3. The molecule has 7 heteroatoms. The summed E-state index contributed by atoms with van der Waals surface area (Å²) in [5.41, 5.74) is 3.69. The molecule has 29 heavy (non-hydrogen) atoms. The molecule has 2 aromatic carbocycles. The number of H-pyrrole nitrogens is 1. The average Bonchev–Trinajstić information content (AvgIpc) is 3.17. The van der Waals surface area contributed by atoms with Crippen LogP contribution in [0.3, 0.4) is 0 Å². The van der Waals surface area contributed by atoms with Gasteiger partial charge in [-0.1, -0.05) is 24.3 Å². The van der Waals surface area contributed by atoms with Gasteiger partial charge in [-0.2, -0.15) is 5.10 Å². The monoisotopic (exact) mass is 390 g/mol. The van der Waals surface area contributed by atoms with Crippen LogP contribution in [0.1, 0.15) is 23.2 Å². The molecule has 0 fully saturated rings. The quantitative estimate of drug-likeness (QED) is 0.597. The van der Waals surface area contributed by atoms with E-state index in [9.17, 15) is 9.59 Å². The normalized spacial score (nSPS) is 15.3. The van der Waals surface area contributed by atoms with E-state index in [4.69, 9.17) is 4.74 Å². The molecule has 1 heterocycles. The van der Waals surface area contributed by atoms with Crippen LogP contribution < -0.4 is 15.4 Å². The Morgan fingerprint density at radius 1 is 1.14 bits per heavy atom. The van der Waals surface area contributed by atoms with Gasteiger partial charge < -0.3 is 15.4 Å². The van der Waals surface area contributed by atoms with Crippen LogP contribution in [0.15, 0.2) is 54.7 Å². The van der Waals surface area contributed by atoms with Gasteiger partial charge in [0, 0.05) is 18.2 Å². The summed E-state index contributed by atoms with van der Waals surface area (Å²) in [4.78, 5) is 24.8. The first-order valence-electron chi connectivity index (χ1n) is 9.55. The topological polar surface area (TPSA) is 96.1 Å². The molecule has 0 saturated carbocycles. The van der Waals surface area contributed by atoms with Gasteiger partial charge in [0.15, 0.2) is 5.75 Å². The van der Waals surface area contributed by atoms with Crippen molar-refractivity contribution in [3.8, 4) is 11.5 Å². The third kappa shape index (κ3) is 4.45. The number of carbonyl (C=O) groups is 2. The minimum atomic E-state index is -0.722. The highest BCUT2D eigenvalue weighted by Crippen LogP contribution is 2.29. The predicted octanol–water partition coefficient (Wildman–Crippen LogP) is 3.12. The molecule has 7 nitrogen and oxygen atoms in total. The summed E-state index contributed by atoms with van der Waals surface area (Å²) in [5, 5.41) is 12.4. The van der Waals surface area contributed by atoms with Crippen molar-refractivity contribution in [3.63, 3.8) is 0 Å². The van der Waals surface area contributed by atoms with Gasteiger partial charge in [-0.05, 0) is 55.2 Å². The smallest absolute Gasteiger partial charge is 0.313 e. The minimum Gasteiger partial charge on any atom is -0.455 e. The molecule has 0 bridgehead atoms. The maximum Gasteiger partial charge on any atom is 0.313 e. The van der Waals surface area contributed by atoms with Crippen LogP contribution in [-0.2, 0) is 22.4 Å². The number of anilines is 1. The number of aromatic nitrogens is 2. The summed E-state index contributed by atoms with van der Waals surface area (Å²) >= 11 is 0. The number of benzene rings is 2. The second-order valence-electron chi connectivity index (χ2n) is 7.16. The van der Waals surface area contributed by atoms with E-state index < -0.39 is 11.8 Å². The molecule has 148 valence electrons. The van der Waals surface area contributed by atoms with Crippen molar-refractivity contribution in [1.82, 2.24) is 15.5 Å². The van der Waals surface area contributed by atoms with Crippen LogP contribution in [0.2, 0.25) is 0 Å². The van der Waals surface area contributed by atoms with Gasteiger partial charge in [-0.25, -0.2) is 0 Å². The number of hydrogen-bond acceptors (Lipinski definition) is 4. The summed E-state index contributed by atoms with van der Waals surface area (Å²) in [6.45, 7) is 1.97. The van der Waals surface area contributed by atoms with E-state index in [2.05, 4.69) is 20.8 Å². The number of amides is 2. The standard InChI is InChI=1S/C22H22N4O3/c1-14-5-4-6-17(11-14)29-20-8-3-2-7-18(20)25-22(28)21(27)24-16-10-9-15-13-23-26-19(15)12-16/h2-8,11,13,16H,9-10,12H2,1H3,(H,23,26)(H,24,27)(H,25,28). The zero-order valence-corrected chi connectivity index (χ0v) is 16.1. The Morgan fingerprint density at radius 2 is 2.00 bits per heavy atom. The summed E-state index contributed by atoms with van der Waals surface area (Å²) in [7, 11) is 0. The van der Waals surface area contributed by atoms with Gasteiger partial charge in [0.1, 0.15) is 5.75 Å². The van der Waals surface area contributed by atoms with Crippen molar-refractivity contribution >= 4 is 17.5 Å². The fraction of sp³-hybridized carbons (Fsp3) is 0.227. The second-order valence-corrected chi connectivity index (χ2v) is 7.16. The van der Waals surface area contributed by atoms with E-state index in [1.165, 1.54) is 5.56 Å². The molecular weight excluding hydrogens is 368 g/mol. The van der Waals surface area contributed by atoms with Crippen molar-refractivity contribution in [1.29, 1.82) is 0 Å². The highest BCUT2D eigenvalue weighted by atomic mass is 16.5. The number of rotatable bonds is 4. The Balaban J connectivity index is 1.40. The fourth-order valence-electron chi connectivity index (χ4n) is 3.43. The SMILES string of the molecule is Cc1cccc(Oc2ccccc2NC(=O)C(=O)NC2CCc3cn[nH]c3C2)c1. The second kappa shape index (κ2) is 8.18. The molecule has 1 aromatic heterocycles. The molecule has 3 aromatic rings. The Kier molecular flexibility index (Phi) is 5.29. The summed E-state index contributed by atoms with van der Waals surface area (Å²) < 4.78 is 5.89. The Labute approximate surface area is 168 Å².